The van der Waals surface area contributed by atoms with Crippen LogP contribution >= 0.6 is 0 Å². The van der Waals surface area contributed by atoms with Crippen molar-refractivity contribution in [3.63, 3.8) is 0 Å². The highest BCUT2D eigenvalue weighted by atomic mass is 16.4. The van der Waals surface area contributed by atoms with Gasteiger partial charge in [0.05, 0.1) is 18.3 Å². The van der Waals surface area contributed by atoms with Crippen LogP contribution in [0.5, 0.6) is 5.88 Å². The largest absolute Gasteiger partial charge is 0.492 e. The molecule has 0 aliphatic heterocycles. The van der Waals surface area contributed by atoms with Crippen molar-refractivity contribution in [3.8, 4) is 5.88 Å². The first-order chi connectivity index (χ1) is 7.06. The van der Waals surface area contributed by atoms with Crippen LogP contribution in [0.1, 0.15) is 5.69 Å². The Bertz CT molecular complexity index is 534. The van der Waals surface area contributed by atoms with Crippen LogP contribution in [0, 0.1) is 0 Å². The Balaban J connectivity index is 2.55. The summed E-state index contributed by atoms with van der Waals surface area (Å²) in [5.41, 5.74) is 6.20. The van der Waals surface area contributed by atoms with E-state index in [1.54, 1.807) is 0 Å². The van der Waals surface area contributed by atoms with Gasteiger partial charge in [-0.25, -0.2) is 4.98 Å². The molecule has 0 aliphatic rings. The van der Waals surface area contributed by atoms with Crippen LogP contribution in [-0.4, -0.2) is 30.6 Å². The molecule has 0 saturated heterocycles. The third-order valence-corrected chi connectivity index (χ3v) is 1.83. The highest BCUT2D eigenvalue weighted by molar-refractivity contribution is 5.70. The van der Waals surface area contributed by atoms with Crippen LogP contribution < -0.4 is 5.73 Å². The Kier molecular flexibility index (Phi) is 1.93. The summed E-state index contributed by atoms with van der Waals surface area (Å²) in [6.07, 6.45) is 2.60. The standard InChI is InChI=1S/C8H8N4O3/c9-7-8-10-4(1-6(14)15)2-12(8)3-5(13)11-7/h2-3,13H,1H2,(H2,9,11)(H,14,15). The molecule has 0 saturated carbocycles. The number of aliphatic carboxylic acids is 1. The number of nitrogen functional groups attached to an aromatic ring is 1. The number of carboxylic acid groups (broad SMARTS) is 1. The van der Waals surface area contributed by atoms with E-state index in [1.807, 2.05) is 0 Å². The normalized spacial score (nSPS) is 10.7. The van der Waals surface area contributed by atoms with Crippen molar-refractivity contribution in [2.24, 2.45) is 0 Å². The molecule has 0 bridgehead atoms. The smallest absolute Gasteiger partial charge is 0.309 e. The van der Waals surface area contributed by atoms with Crippen molar-refractivity contribution in [1.29, 1.82) is 0 Å². The molecule has 78 valence electrons. The lowest BCUT2D eigenvalue weighted by Gasteiger charge is -1.96. The van der Waals surface area contributed by atoms with Crippen molar-refractivity contribution < 1.29 is 15.0 Å². The zero-order chi connectivity index (χ0) is 11.0. The molecule has 0 atom stereocenters. The Labute approximate surface area is 83.8 Å². The van der Waals surface area contributed by atoms with Gasteiger partial charge >= 0.3 is 5.97 Å². The number of imidazole rings is 1. The molecule has 0 aliphatic carbocycles. The van der Waals surface area contributed by atoms with Gasteiger partial charge in [-0.1, -0.05) is 0 Å². The number of aromatic nitrogens is 3. The Morgan fingerprint density at radius 2 is 2.20 bits per heavy atom. The zero-order valence-electron chi connectivity index (χ0n) is 7.58. The van der Waals surface area contributed by atoms with Crippen molar-refractivity contribution in [1.82, 2.24) is 14.4 Å². The second-order valence-corrected chi connectivity index (χ2v) is 3.02. The van der Waals surface area contributed by atoms with Crippen LogP contribution in [-0.2, 0) is 11.2 Å². The number of hydrogen-bond acceptors (Lipinski definition) is 5. The number of nitrogens with zero attached hydrogens (tertiary/aromatic N) is 3. The quantitative estimate of drug-likeness (QED) is 0.621. The maximum atomic E-state index is 10.5. The fourth-order valence-corrected chi connectivity index (χ4v) is 1.30. The zero-order valence-corrected chi connectivity index (χ0v) is 7.58. The first kappa shape index (κ1) is 9.25. The average molecular weight is 208 g/mol. The molecular weight excluding hydrogens is 200 g/mol. The predicted molar refractivity (Wildman–Crippen MR) is 50.4 cm³/mol. The average Bonchev–Trinajstić information content (AvgIpc) is 2.45. The highest BCUT2D eigenvalue weighted by Crippen LogP contribution is 2.15. The second kappa shape index (κ2) is 3.12. The molecule has 2 aromatic heterocycles. The molecule has 2 heterocycles. The van der Waals surface area contributed by atoms with Gasteiger partial charge in [-0.05, 0) is 0 Å². The Morgan fingerprint density at radius 3 is 2.87 bits per heavy atom. The van der Waals surface area contributed by atoms with Gasteiger partial charge in [0, 0.05) is 6.20 Å². The summed E-state index contributed by atoms with van der Waals surface area (Å²) in [4.78, 5) is 18.0. The van der Waals surface area contributed by atoms with Gasteiger partial charge in [0.25, 0.3) is 0 Å². The molecule has 7 nitrogen and oxygen atoms in total. The number of carbonyl (C=O) groups is 1. The van der Waals surface area contributed by atoms with E-state index in [4.69, 9.17) is 15.9 Å². The molecule has 7 heteroatoms. The topological polar surface area (TPSA) is 114 Å². The van der Waals surface area contributed by atoms with Crippen molar-refractivity contribution in [3.05, 3.63) is 18.1 Å². The molecule has 2 rings (SSSR count). The first-order valence-electron chi connectivity index (χ1n) is 4.11. The first-order valence-corrected chi connectivity index (χ1v) is 4.11. The molecule has 0 aromatic carbocycles. The number of fused-ring (bicyclic) bond motifs is 1. The van der Waals surface area contributed by atoms with Crippen molar-refractivity contribution in [2.45, 2.75) is 6.42 Å². The van der Waals surface area contributed by atoms with Crippen molar-refractivity contribution >= 4 is 17.4 Å². The van der Waals surface area contributed by atoms with Gasteiger partial charge in [-0.3, -0.25) is 9.20 Å². The van der Waals surface area contributed by atoms with Gasteiger partial charge in [0.2, 0.25) is 5.88 Å². The van der Waals surface area contributed by atoms with Gasteiger partial charge in [-0.15, -0.1) is 0 Å². The summed E-state index contributed by atoms with van der Waals surface area (Å²) in [6, 6.07) is 0. The number of carboxylic acids is 1. The monoisotopic (exact) mass is 208 g/mol. The summed E-state index contributed by atoms with van der Waals surface area (Å²) in [5, 5.41) is 17.7. The fourth-order valence-electron chi connectivity index (χ4n) is 1.30. The minimum atomic E-state index is -0.978. The molecule has 0 radical (unpaired) electrons. The number of anilines is 1. The number of aromatic hydroxyl groups is 1. The lowest BCUT2D eigenvalue weighted by Crippen LogP contribution is -1.99. The summed E-state index contributed by atoms with van der Waals surface area (Å²) in [5.74, 6) is -1.15. The van der Waals surface area contributed by atoms with Crippen LogP contribution in [0.25, 0.3) is 5.65 Å². The van der Waals surface area contributed by atoms with Crippen LogP contribution in [0.2, 0.25) is 0 Å². The molecule has 0 unspecified atom stereocenters. The summed E-state index contributed by atoms with van der Waals surface area (Å²) in [7, 11) is 0. The lowest BCUT2D eigenvalue weighted by atomic mass is 10.3. The SMILES string of the molecule is Nc1nc(O)cn2cc(CC(=O)O)nc12. The predicted octanol–water partition coefficient (Wildman–Crippen LogP) is -0.356. The summed E-state index contributed by atoms with van der Waals surface area (Å²) >= 11 is 0. The minimum Gasteiger partial charge on any atom is -0.492 e. The molecule has 2 aromatic rings. The van der Waals surface area contributed by atoms with E-state index in [2.05, 4.69) is 9.97 Å². The summed E-state index contributed by atoms with van der Waals surface area (Å²) in [6.45, 7) is 0. The second-order valence-electron chi connectivity index (χ2n) is 3.02. The third-order valence-electron chi connectivity index (χ3n) is 1.83. The van der Waals surface area contributed by atoms with Gasteiger partial charge in [0.1, 0.15) is 0 Å². The summed E-state index contributed by atoms with van der Waals surface area (Å²) < 4.78 is 1.44. The fraction of sp³-hybridized carbons (Fsp3) is 0.125. The van der Waals surface area contributed by atoms with Gasteiger partial charge in [0.15, 0.2) is 11.5 Å². The molecule has 0 spiro atoms. The molecule has 15 heavy (non-hydrogen) atoms. The van der Waals surface area contributed by atoms with Crippen LogP contribution in [0.4, 0.5) is 5.82 Å². The lowest BCUT2D eigenvalue weighted by molar-refractivity contribution is -0.136. The van der Waals surface area contributed by atoms with E-state index >= 15 is 0 Å². The Hall–Kier alpha value is -2.31. The molecule has 0 fully saturated rings. The highest BCUT2D eigenvalue weighted by Gasteiger charge is 2.09. The van der Waals surface area contributed by atoms with E-state index in [0.717, 1.165) is 0 Å². The van der Waals surface area contributed by atoms with E-state index < -0.39 is 5.97 Å². The van der Waals surface area contributed by atoms with Crippen LogP contribution in [0.3, 0.4) is 0 Å². The van der Waals surface area contributed by atoms with Gasteiger partial charge in [-0.2, -0.15) is 4.98 Å². The maximum absolute atomic E-state index is 10.5. The van der Waals surface area contributed by atoms with E-state index in [-0.39, 0.29) is 18.1 Å². The molecular formula is C8H8N4O3. The Morgan fingerprint density at radius 1 is 1.47 bits per heavy atom. The van der Waals surface area contributed by atoms with E-state index in [1.165, 1.54) is 16.8 Å². The van der Waals surface area contributed by atoms with Crippen LogP contribution in [0.15, 0.2) is 12.4 Å². The van der Waals surface area contributed by atoms with E-state index in [9.17, 15) is 4.79 Å². The molecule has 4 N–H and O–H groups in total. The maximum Gasteiger partial charge on any atom is 0.309 e. The number of nitrogens with two attached hydrogens (primary N) is 1. The third kappa shape index (κ3) is 1.66. The van der Waals surface area contributed by atoms with Crippen molar-refractivity contribution in [2.75, 3.05) is 5.73 Å². The number of rotatable bonds is 2. The van der Waals surface area contributed by atoms with E-state index in [0.29, 0.717) is 11.3 Å². The number of hydrogen-bond donors (Lipinski definition) is 3. The minimum absolute atomic E-state index is 0.0617. The molecule has 0 amide bonds. The van der Waals surface area contributed by atoms with Gasteiger partial charge < -0.3 is 15.9 Å².